The molecule has 1 atom stereocenters. The van der Waals surface area contributed by atoms with Gasteiger partial charge in [0.2, 0.25) is 0 Å². The van der Waals surface area contributed by atoms with Crippen molar-refractivity contribution in [2.24, 2.45) is 0 Å². The first-order chi connectivity index (χ1) is 9.01. The Bertz CT molecular complexity index is 428. The van der Waals surface area contributed by atoms with E-state index in [9.17, 15) is 14.6 Å². The molecular weight excluding hydrogens is 311 g/mol. The van der Waals surface area contributed by atoms with E-state index in [1.165, 1.54) is 12.1 Å². The fourth-order valence-electron chi connectivity index (χ4n) is 2.76. The van der Waals surface area contributed by atoms with E-state index in [1.807, 2.05) is 0 Å². The Kier molecular flexibility index (Phi) is 4.98. The van der Waals surface area contributed by atoms with Crippen LogP contribution in [0.1, 0.15) is 44.1 Å². The van der Waals surface area contributed by atoms with Crippen LogP contribution in [0.15, 0.2) is 22.7 Å². The summed E-state index contributed by atoms with van der Waals surface area (Å²) in [6, 6.07) is 4.42. The molecular formula is C15H20BrFO2. The van der Waals surface area contributed by atoms with Crippen LogP contribution in [0.5, 0.6) is 0 Å². The second-order valence-electron chi connectivity index (χ2n) is 5.47. The average molecular weight is 331 g/mol. The van der Waals surface area contributed by atoms with Crippen molar-refractivity contribution in [1.29, 1.82) is 0 Å². The van der Waals surface area contributed by atoms with E-state index in [0.717, 1.165) is 31.2 Å². The highest BCUT2D eigenvalue weighted by Gasteiger charge is 2.35. The van der Waals surface area contributed by atoms with Crippen molar-refractivity contribution in [3.8, 4) is 0 Å². The van der Waals surface area contributed by atoms with Crippen molar-refractivity contribution in [1.82, 2.24) is 0 Å². The Morgan fingerprint density at radius 2 is 1.84 bits per heavy atom. The standard InChI is InChI=1S/C15H20BrFO2/c16-13-10-12(17)6-5-11(13)9-14(18)15(19)7-3-1-2-4-8-15/h5-6,10,14,18-19H,1-4,7-9H2. The molecule has 1 saturated carbocycles. The molecule has 2 nitrogen and oxygen atoms in total. The van der Waals surface area contributed by atoms with Gasteiger partial charge in [-0.1, -0.05) is 47.7 Å². The van der Waals surface area contributed by atoms with E-state index in [2.05, 4.69) is 15.9 Å². The smallest absolute Gasteiger partial charge is 0.124 e. The first-order valence-corrected chi connectivity index (χ1v) is 7.65. The van der Waals surface area contributed by atoms with Crippen molar-refractivity contribution >= 4 is 15.9 Å². The molecule has 0 aromatic heterocycles. The number of hydrogen-bond donors (Lipinski definition) is 2. The van der Waals surface area contributed by atoms with Crippen molar-refractivity contribution in [3.05, 3.63) is 34.1 Å². The molecule has 1 aromatic carbocycles. The normalized spacial score (nSPS) is 20.8. The number of aliphatic hydroxyl groups excluding tert-OH is 1. The van der Waals surface area contributed by atoms with Crippen molar-refractivity contribution in [3.63, 3.8) is 0 Å². The quantitative estimate of drug-likeness (QED) is 0.831. The number of benzene rings is 1. The summed E-state index contributed by atoms with van der Waals surface area (Å²) in [7, 11) is 0. The lowest BCUT2D eigenvalue weighted by Crippen LogP contribution is -2.43. The number of halogens is 2. The molecule has 2 N–H and O–H groups in total. The summed E-state index contributed by atoms with van der Waals surface area (Å²) in [6.45, 7) is 0. The van der Waals surface area contributed by atoms with Gasteiger partial charge in [0.1, 0.15) is 5.82 Å². The zero-order valence-corrected chi connectivity index (χ0v) is 12.5. The van der Waals surface area contributed by atoms with Crippen LogP contribution in [0, 0.1) is 5.82 Å². The van der Waals surface area contributed by atoms with Crippen molar-refractivity contribution in [2.75, 3.05) is 0 Å². The van der Waals surface area contributed by atoms with E-state index >= 15 is 0 Å². The number of hydrogen-bond acceptors (Lipinski definition) is 2. The van der Waals surface area contributed by atoms with Gasteiger partial charge in [0.15, 0.2) is 0 Å². The van der Waals surface area contributed by atoms with Gasteiger partial charge < -0.3 is 10.2 Å². The van der Waals surface area contributed by atoms with E-state index in [0.29, 0.717) is 23.7 Å². The molecule has 0 heterocycles. The predicted octanol–water partition coefficient (Wildman–Crippen LogP) is 3.58. The summed E-state index contributed by atoms with van der Waals surface area (Å²) < 4.78 is 13.7. The first-order valence-electron chi connectivity index (χ1n) is 6.86. The fourth-order valence-corrected chi connectivity index (χ4v) is 3.27. The second-order valence-corrected chi connectivity index (χ2v) is 6.33. The minimum Gasteiger partial charge on any atom is -0.390 e. The van der Waals surface area contributed by atoms with Crippen LogP contribution in [0.25, 0.3) is 0 Å². The molecule has 0 amide bonds. The Labute approximate surface area is 121 Å². The van der Waals surface area contributed by atoms with E-state index in [1.54, 1.807) is 6.07 Å². The molecule has 1 aromatic rings. The Balaban J connectivity index is 2.08. The van der Waals surface area contributed by atoms with Crippen LogP contribution in [0.3, 0.4) is 0 Å². The number of aliphatic hydroxyl groups is 2. The zero-order chi connectivity index (χ0) is 13.9. The lowest BCUT2D eigenvalue weighted by atomic mass is 9.85. The molecule has 106 valence electrons. The third kappa shape index (κ3) is 3.77. The summed E-state index contributed by atoms with van der Waals surface area (Å²) in [6.07, 6.45) is 4.99. The molecule has 0 saturated heterocycles. The third-order valence-corrected chi connectivity index (χ3v) is 4.76. The molecule has 0 radical (unpaired) electrons. The van der Waals surface area contributed by atoms with E-state index in [-0.39, 0.29) is 5.82 Å². The second kappa shape index (κ2) is 6.33. The SMILES string of the molecule is OC(Cc1ccc(F)cc1Br)C1(O)CCCCCC1. The van der Waals surface area contributed by atoms with Crippen LogP contribution in [-0.4, -0.2) is 21.9 Å². The zero-order valence-electron chi connectivity index (χ0n) is 10.9. The fraction of sp³-hybridized carbons (Fsp3) is 0.600. The molecule has 0 bridgehead atoms. The largest absolute Gasteiger partial charge is 0.390 e. The maximum atomic E-state index is 13.0. The molecule has 2 rings (SSSR count). The van der Waals surface area contributed by atoms with Gasteiger partial charge in [-0.15, -0.1) is 0 Å². The Morgan fingerprint density at radius 3 is 2.42 bits per heavy atom. The van der Waals surface area contributed by atoms with Crippen LogP contribution < -0.4 is 0 Å². The van der Waals surface area contributed by atoms with Crippen molar-refractivity contribution in [2.45, 2.75) is 56.7 Å². The lowest BCUT2D eigenvalue weighted by Gasteiger charge is -2.32. The summed E-state index contributed by atoms with van der Waals surface area (Å²) >= 11 is 3.30. The molecule has 4 heteroatoms. The van der Waals surface area contributed by atoms with Gasteiger partial charge in [-0.25, -0.2) is 4.39 Å². The summed E-state index contributed by atoms with van der Waals surface area (Å²) in [5, 5.41) is 20.9. The van der Waals surface area contributed by atoms with Crippen LogP contribution in [0.2, 0.25) is 0 Å². The van der Waals surface area contributed by atoms with Gasteiger partial charge in [0.05, 0.1) is 11.7 Å². The molecule has 1 aliphatic rings. The highest BCUT2D eigenvalue weighted by molar-refractivity contribution is 9.10. The monoisotopic (exact) mass is 330 g/mol. The first kappa shape index (κ1) is 14.9. The van der Waals surface area contributed by atoms with Gasteiger partial charge in [-0.3, -0.25) is 0 Å². The highest BCUT2D eigenvalue weighted by atomic mass is 79.9. The van der Waals surface area contributed by atoms with Gasteiger partial charge >= 0.3 is 0 Å². The maximum absolute atomic E-state index is 13.0. The predicted molar refractivity (Wildman–Crippen MR) is 76.5 cm³/mol. The molecule has 0 spiro atoms. The molecule has 1 fully saturated rings. The van der Waals surface area contributed by atoms with Crippen molar-refractivity contribution < 1.29 is 14.6 Å². The Hall–Kier alpha value is -0.450. The third-order valence-electron chi connectivity index (χ3n) is 4.02. The highest BCUT2D eigenvalue weighted by Crippen LogP contribution is 2.32. The summed E-state index contributed by atoms with van der Waals surface area (Å²) in [5.74, 6) is -0.307. The van der Waals surface area contributed by atoms with Gasteiger partial charge in [-0.2, -0.15) is 0 Å². The van der Waals surface area contributed by atoms with Gasteiger partial charge in [0.25, 0.3) is 0 Å². The number of rotatable bonds is 3. The molecule has 0 aliphatic heterocycles. The topological polar surface area (TPSA) is 40.5 Å². The lowest BCUT2D eigenvalue weighted by molar-refractivity contribution is -0.0837. The Morgan fingerprint density at radius 1 is 1.21 bits per heavy atom. The molecule has 1 unspecified atom stereocenters. The van der Waals surface area contributed by atoms with E-state index < -0.39 is 11.7 Å². The summed E-state index contributed by atoms with van der Waals surface area (Å²) in [4.78, 5) is 0. The van der Waals surface area contributed by atoms with Gasteiger partial charge in [-0.05, 0) is 30.5 Å². The van der Waals surface area contributed by atoms with Crippen LogP contribution in [-0.2, 0) is 6.42 Å². The minimum absolute atomic E-state index is 0.307. The molecule has 19 heavy (non-hydrogen) atoms. The molecule has 1 aliphatic carbocycles. The average Bonchev–Trinajstić information content (AvgIpc) is 2.58. The van der Waals surface area contributed by atoms with Crippen LogP contribution in [0.4, 0.5) is 4.39 Å². The minimum atomic E-state index is -0.996. The van der Waals surface area contributed by atoms with Crippen LogP contribution >= 0.6 is 15.9 Å². The maximum Gasteiger partial charge on any atom is 0.124 e. The van der Waals surface area contributed by atoms with E-state index in [4.69, 9.17) is 0 Å². The summed E-state index contributed by atoms with van der Waals surface area (Å²) in [5.41, 5.74) is -0.170. The van der Waals surface area contributed by atoms with Gasteiger partial charge in [0, 0.05) is 10.9 Å².